The minimum atomic E-state index is -1.21. The maximum Gasteiger partial charge on any atom is 0.341 e. The number of aromatic nitrogens is 1. The Balaban J connectivity index is 2.14. The van der Waals surface area contributed by atoms with E-state index in [2.05, 4.69) is 0 Å². The fourth-order valence-corrected chi connectivity index (χ4v) is 3.44. The van der Waals surface area contributed by atoms with Crippen LogP contribution >= 0.6 is 0 Å². The molecule has 0 saturated heterocycles. The van der Waals surface area contributed by atoms with Crippen molar-refractivity contribution >= 4 is 5.97 Å². The lowest BCUT2D eigenvalue weighted by Gasteiger charge is -2.31. The maximum atomic E-state index is 12.3. The number of ether oxygens (including phenoxy) is 3. The second-order valence-electron chi connectivity index (χ2n) is 6.42. The molecule has 27 heavy (non-hydrogen) atoms. The summed E-state index contributed by atoms with van der Waals surface area (Å²) in [6.45, 7) is 2.91. The first-order valence-corrected chi connectivity index (χ1v) is 8.82. The van der Waals surface area contributed by atoms with Crippen LogP contribution in [0, 0.1) is 0 Å². The van der Waals surface area contributed by atoms with Gasteiger partial charge in [0.15, 0.2) is 16.9 Å². The first kappa shape index (κ1) is 19.0. The molecular weight excluding hydrogens is 350 g/mol. The second-order valence-corrected chi connectivity index (χ2v) is 6.42. The summed E-state index contributed by atoms with van der Waals surface area (Å²) in [7, 11) is 3.17. The number of nitrogens with zero attached hydrogens (tertiary/aromatic N) is 1. The van der Waals surface area contributed by atoms with Crippen LogP contribution in [0.4, 0.5) is 0 Å². The minimum Gasteiger partial charge on any atom is -0.493 e. The predicted octanol–water partition coefficient (Wildman–Crippen LogP) is 2.75. The van der Waals surface area contributed by atoms with Gasteiger partial charge in [0, 0.05) is 31.0 Å². The number of hydrogen-bond donors (Lipinski definition) is 1. The molecule has 0 amide bonds. The molecule has 0 fully saturated rings. The summed E-state index contributed by atoms with van der Waals surface area (Å²) in [5.41, 5.74) is 1.87. The van der Waals surface area contributed by atoms with E-state index in [0.717, 1.165) is 17.5 Å². The monoisotopic (exact) mass is 373 g/mol. The van der Waals surface area contributed by atoms with E-state index < -0.39 is 11.4 Å². The molecule has 0 spiro atoms. The van der Waals surface area contributed by atoms with Crippen LogP contribution in [-0.4, -0.2) is 43.1 Å². The number of rotatable bonds is 7. The first-order valence-electron chi connectivity index (χ1n) is 8.82. The van der Waals surface area contributed by atoms with Crippen molar-refractivity contribution in [3.05, 3.63) is 45.7 Å². The Bertz CT molecular complexity index is 917. The van der Waals surface area contributed by atoms with E-state index >= 15 is 0 Å². The van der Waals surface area contributed by atoms with Gasteiger partial charge < -0.3 is 23.9 Å². The van der Waals surface area contributed by atoms with Gasteiger partial charge in [-0.05, 0) is 30.5 Å². The zero-order valence-corrected chi connectivity index (χ0v) is 15.7. The number of carboxylic acids is 1. The fraction of sp³-hybridized carbons (Fsp3) is 0.400. The van der Waals surface area contributed by atoms with Gasteiger partial charge in [-0.1, -0.05) is 6.92 Å². The average Bonchev–Trinajstić information content (AvgIpc) is 2.66. The van der Waals surface area contributed by atoms with Gasteiger partial charge in [0.2, 0.25) is 0 Å². The largest absolute Gasteiger partial charge is 0.493 e. The summed E-state index contributed by atoms with van der Waals surface area (Å²) < 4.78 is 18.1. The lowest BCUT2D eigenvalue weighted by atomic mass is 9.90. The van der Waals surface area contributed by atoms with E-state index in [1.54, 1.807) is 14.2 Å². The van der Waals surface area contributed by atoms with Crippen LogP contribution in [0.5, 0.6) is 11.5 Å². The molecule has 0 aliphatic carbocycles. The highest BCUT2D eigenvalue weighted by molar-refractivity contribution is 5.87. The van der Waals surface area contributed by atoms with Crippen molar-refractivity contribution in [2.75, 3.05) is 27.4 Å². The van der Waals surface area contributed by atoms with Crippen molar-refractivity contribution in [2.45, 2.75) is 25.8 Å². The average molecular weight is 373 g/mol. The fourth-order valence-electron chi connectivity index (χ4n) is 3.44. The molecule has 1 aromatic carbocycles. The zero-order chi connectivity index (χ0) is 19.6. The van der Waals surface area contributed by atoms with Gasteiger partial charge in [0.25, 0.3) is 0 Å². The Morgan fingerprint density at radius 2 is 2.00 bits per heavy atom. The molecule has 0 radical (unpaired) electrons. The number of hydrogen-bond acceptors (Lipinski definition) is 5. The Labute approximate surface area is 157 Å². The van der Waals surface area contributed by atoms with Gasteiger partial charge in [0.1, 0.15) is 12.2 Å². The van der Waals surface area contributed by atoms with Gasteiger partial charge in [-0.3, -0.25) is 4.79 Å². The Morgan fingerprint density at radius 1 is 1.22 bits per heavy atom. The third-order valence-electron chi connectivity index (χ3n) is 4.84. The highest BCUT2D eigenvalue weighted by Gasteiger charge is 2.26. The summed E-state index contributed by atoms with van der Waals surface area (Å²) in [4.78, 5) is 23.6. The van der Waals surface area contributed by atoms with Gasteiger partial charge >= 0.3 is 5.97 Å². The highest BCUT2D eigenvalue weighted by atomic mass is 16.5. The standard InChI is InChI=1S/C20H23NO6/c1-4-13-7-12-8-19(27-6-5-25-2)18(26-3)9-14(12)16-10-17(22)15(20(23)24)11-21(13)16/h8-11,13H,4-7H2,1-3H3,(H,23,24). The number of fused-ring (bicyclic) bond motifs is 3. The third-order valence-corrected chi connectivity index (χ3v) is 4.84. The van der Waals surface area contributed by atoms with Crippen LogP contribution in [-0.2, 0) is 11.2 Å². The van der Waals surface area contributed by atoms with Gasteiger partial charge in [-0.25, -0.2) is 4.79 Å². The SMILES string of the molecule is CCC1Cc2cc(OCCOC)c(OC)cc2-c2cc(=O)c(C(=O)O)cn21. The Kier molecular flexibility index (Phi) is 5.51. The molecule has 7 nitrogen and oxygen atoms in total. The molecule has 2 heterocycles. The highest BCUT2D eigenvalue weighted by Crippen LogP contribution is 2.41. The number of carbonyl (C=O) groups is 1. The van der Waals surface area contributed by atoms with Crippen LogP contribution < -0.4 is 14.9 Å². The van der Waals surface area contributed by atoms with Crippen LogP contribution in [0.3, 0.4) is 0 Å². The summed E-state index contributed by atoms with van der Waals surface area (Å²) in [6.07, 6.45) is 2.97. The molecule has 0 bridgehead atoms. The topological polar surface area (TPSA) is 87.0 Å². The van der Waals surface area contributed by atoms with Crippen molar-refractivity contribution in [3.8, 4) is 22.8 Å². The summed E-state index contributed by atoms with van der Waals surface area (Å²) in [5, 5.41) is 9.28. The molecule has 1 atom stereocenters. The lowest BCUT2D eigenvalue weighted by molar-refractivity contribution is 0.0694. The number of pyridine rings is 1. The summed E-state index contributed by atoms with van der Waals surface area (Å²) >= 11 is 0. The van der Waals surface area contributed by atoms with E-state index in [1.807, 2.05) is 23.6 Å². The van der Waals surface area contributed by atoms with Crippen LogP contribution in [0.15, 0.2) is 29.2 Å². The third kappa shape index (κ3) is 3.55. The van der Waals surface area contributed by atoms with E-state index in [1.165, 1.54) is 12.3 Å². The molecule has 1 aromatic heterocycles. The number of carboxylic acid groups (broad SMARTS) is 1. The Morgan fingerprint density at radius 3 is 2.63 bits per heavy atom. The van der Waals surface area contributed by atoms with E-state index in [4.69, 9.17) is 14.2 Å². The molecule has 1 unspecified atom stereocenters. The quantitative estimate of drug-likeness (QED) is 0.751. The van der Waals surface area contributed by atoms with Crippen molar-refractivity contribution < 1.29 is 24.1 Å². The van der Waals surface area contributed by atoms with Gasteiger partial charge in [0.05, 0.1) is 19.4 Å². The molecule has 7 heteroatoms. The van der Waals surface area contributed by atoms with Gasteiger partial charge in [-0.2, -0.15) is 0 Å². The molecule has 144 valence electrons. The van der Waals surface area contributed by atoms with Crippen molar-refractivity contribution in [2.24, 2.45) is 0 Å². The molecule has 2 aromatic rings. The van der Waals surface area contributed by atoms with E-state index in [-0.39, 0.29) is 11.6 Å². The number of methoxy groups -OCH3 is 2. The smallest absolute Gasteiger partial charge is 0.341 e. The van der Waals surface area contributed by atoms with Crippen LogP contribution in [0.2, 0.25) is 0 Å². The first-order chi connectivity index (χ1) is 13.0. The second kappa shape index (κ2) is 7.84. The molecule has 1 N–H and O–H groups in total. The number of benzene rings is 1. The molecule has 1 aliphatic heterocycles. The van der Waals surface area contributed by atoms with Crippen molar-refractivity contribution in [1.82, 2.24) is 4.57 Å². The molecule has 1 aliphatic rings. The summed E-state index contributed by atoms with van der Waals surface area (Å²) in [6, 6.07) is 5.24. The zero-order valence-electron chi connectivity index (χ0n) is 15.7. The van der Waals surface area contributed by atoms with E-state index in [9.17, 15) is 14.7 Å². The molecular formula is C20H23NO6. The van der Waals surface area contributed by atoms with Crippen LogP contribution in [0.25, 0.3) is 11.3 Å². The normalized spacial score (nSPS) is 15.0. The predicted molar refractivity (Wildman–Crippen MR) is 100 cm³/mol. The lowest BCUT2D eigenvalue weighted by Crippen LogP contribution is -2.25. The molecule has 3 rings (SSSR count). The number of aromatic carboxylic acids is 1. The Hall–Kier alpha value is -2.80. The van der Waals surface area contributed by atoms with E-state index in [0.29, 0.717) is 36.8 Å². The van der Waals surface area contributed by atoms with Crippen molar-refractivity contribution in [1.29, 1.82) is 0 Å². The molecule has 0 saturated carbocycles. The maximum absolute atomic E-state index is 12.3. The summed E-state index contributed by atoms with van der Waals surface area (Å²) in [5.74, 6) is -0.0300. The van der Waals surface area contributed by atoms with Crippen LogP contribution in [0.1, 0.15) is 35.3 Å². The van der Waals surface area contributed by atoms with Crippen molar-refractivity contribution in [3.63, 3.8) is 0 Å². The minimum absolute atomic E-state index is 0.0615. The van der Waals surface area contributed by atoms with Gasteiger partial charge in [-0.15, -0.1) is 0 Å².